The molecule has 2 heterocycles. The highest BCUT2D eigenvalue weighted by atomic mass is 16.5. The third-order valence-electron chi connectivity index (χ3n) is 4.10. The molecule has 1 atom stereocenters. The molecule has 1 unspecified atom stereocenters. The van der Waals surface area contributed by atoms with E-state index in [-0.39, 0.29) is 0 Å². The molecule has 2 saturated heterocycles. The van der Waals surface area contributed by atoms with E-state index in [4.69, 9.17) is 15.7 Å². The molecular formula is C13H26N4O2. The number of hydrogen-bond acceptors (Lipinski definition) is 5. The van der Waals surface area contributed by atoms with E-state index in [0.717, 1.165) is 45.7 Å². The number of unbranched alkanes of at least 4 members (excludes halogenated alkanes) is 1. The molecule has 2 aliphatic rings. The Labute approximate surface area is 115 Å². The first-order chi connectivity index (χ1) is 9.29. The van der Waals surface area contributed by atoms with Crippen molar-refractivity contribution in [2.45, 2.75) is 31.7 Å². The van der Waals surface area contributed by atoms with Crippen LogP contribution in [0, 0.1) is 0 Å². The van der Waals surface area contributed by atoms with E-state index in [1.165, 1.54) is 19.5 Å². The minimum Gasteiger partial charge on any atom is -0.409 e. The van der Waals surface area contributed by atoms with E-state index < -0.39 is 0 Å². The lowest BCUT2D eigenvalue weighted by Gasteiger charge is -2.32. The van der Waals surface area contributed by atoms with E-state index in [1.54, 1.807) is 0 Å². The number of morpholine rings is 1. The molecule has 6 nitrogen and oxygen atoms in total. The fourth-order valence-electron chi connectivity index (χ4n) is 2.95. The van der Waals surface area contributed by atoms with Gasteiger partial charge in [-0.25, -0.2) is 0 Å². The number of ether oxygens (including phenoxy) is 1. The minimum absolute atomic E-state index is 0.340. The highest BCUT2D eigenvalue weighted by Crippen LogP contribution is 2.17. The first-order valence-corrected chi connectivity index (χ1v) is 7.30. The maximum atomic E-state index is 8.46. The molecule has 2 rings (SSSR count). The van der Waals surface area contributed by atoms with Crippen molar-refractivity contribution in [3.63, 3.8) is 0 Å². The molecule has 3 N–H and O–H groups in total. The second-order valence-corrected chi connectivity index (χ2v) is 5.44. The number of rotatable bonds is 6. The van der Waals surface area contributed by atoms with Crippen LogP contribution in [0.1, 0.15) is 25.7 Å². The molecular weight excluding hydrogens is 244 g/mol. The van der Waals surface area contributed by atoms with Crippen molar-refractivity contribution in [3.05, 3.63) is 0 Å². The Bertz CT molecular complexity index is 292. The van der Waals surface area contributed by atoms with Crippen LogP contribution in [0.2, 0.25) is 0 Å². The number of likely N-dealkylation sites (tertiary alicyclic amines) is 1. The zero-order valence-electron chi connectivity index (χ0n) is 11.6. The quantitative estimate of drug-likeness (QED) is 0.239. The van der Waals surface area contributed by atoms with Crippen LogP contribution in [0.25, 0.3) is 0 Å². The Morgan fingerprint density at radius 2 is 2.05 bits per heavy atom. The molecule has 110 valence electrons. The van der Waals surface area contributed by atoms with Crippen molar-refractivity contribution in [1.82, 2.24) is 9.80 Å². The summed E-state index contributed by atoms with van der Waals surface area (Å²) in [4.78, 5) is 5.10. The van der Waals surface area contributed by atoms with Crippen molar-refractivity contribution < 1.29 is 9.94 Å². The fourth-order valence-corrected chi connectivity index (χ4v) is 2.95. The summed E-state index contributed by atoms with van der Waals surface area (Å²) in [6, 6.07) is 0.716. The van der Waals surface area contributed by atoms with E-state index in [2.05, 4.69) is 15.0 Å². The summed E-state index contributed by atoms with van der Waals surface area (Å²) in [5, 5.41) is 11.5. The second-order valence-electron chi connectivity index (χ2n) is 5.44. The number of hydrogen-bond donors (Lipinski definition) is 2. The Kier molecular flexibility index (Phi) is 5.88. The molecule has 6 heteroatoms. The lowest BCUT2D eigenvalue weighted by Crippen LogP contribution is -2.44. The van der Waals surface area contributed by atoms with Crippen LogP contribution in [0.5, 0.6) is 0 Å². The molecule has 2 fully saturated rings. The highest BCUT2D eigenvalue weighted by Gasteiger charge is 2.28. The maximum absolute atomic E-state index is 8.46. The van der Waals surface area contributed by atoms with Crippen LogP contribution in [0.3, 0.4) is 0 Å². The summed E-state index contributed by atoms with van der Waals surface area (Å²) in [5.74, 6) is 0.340. The normalized spacial score (nSPS) is 26.9. The third kappa shape index (κ3) is 4.63. The van der Waals surface area contributed by atoms with Crippen LogP contribution in [-0.4, -0.2) is 72.8 Å². The van der Waals surface area contributed by atoms with Gasteiger partial charge in [0.2, 0.25) is 0 Å². The number of oxime groups is 1. The summed E-state index contributed by atoms with van der Waals surface area (Å²) in [7, 11) is 0. The zero-order chi connectivity index (χ0) is 13.5. The van der Waals surface area contributed by atoms with Crippen LogP contribution in [0.4, 0.5) is 0 Å². The SMILES string of the molecule is NC(CCCCN1CCC(N2CCOCC2)C1)=NO. The van der Waals surface area contributed by atoms with Gasteiger partial charge in [0, 0.05) is 32.1 Å². The molecule has 0 amide bonds. The van der Waals surface area contributed by atoms with E-state index in [1.807, 2.05) is 0 Å². The number of amidine groups is 1. The van der Waals surface area contributed by atoms with Gasteiger partial charge < -0.3 is 20.6 Å². The summed E-state index contributed by atoms with van der Waals surface area (Å²) >= 11 is 0. The summed E-state index contributed by atoms with van der Waals surface area (Å²) < 4.78 is 5.40. The Morgan fingerprint density at radius 1 is 1.26 bits per heavy atom. The van der Waals surface area contributed by atoms with Crippen LogP contribution in [-0.2, 0) is 4.74 Å². The van der Waals surface area contributed by atoms with Gasteiger partial charge in [0.25, 0.3) is 0 Å². The lowest BCUT2D eigenvalue weighted by atomic mass is 10.2. The molecule has 0 aliphatic carbocycles. The van der Waals surface area contributed by atoms with Gasteiger partial charge >= 0.3 is 0 Å². The number of nitrogens with two attached hydrogens (primary N) is 1. The van der Waals surface area contributed by atoms with Crippen molar-refractivity contribution in [3.8, 4) is 0 Å². The van der Waals surface area contributed by atoms with Gasteiger partial charge in [-0.3, -0.25) is 4.90 Å². The van der Waals surface area contributed by atoms with Gasteiger partial charge in [-0.1, -0.05) is 5.16 Å². The molecule has 0 bridgehead atoms. The molecule has 0 aromatic carbocycles. The van der Waals surface area contributed by atoms with Crippen LogP contribution in [0.15, 0.2) is 5.16 Å². The van der Waals surface area contributed by atoms with Gasteiger partial charge in [0.05, 0.1) is 13.2 Å². The average molecular weight is 270 g/mol. The molecule has 2 aliphatic heterocycles. The maximum Gasteiger partial charge on any atom is 0.139 e. The van der Waals surface area contributed by atoms with Crippen molar-refractivity contribution in [2.75, 3.05) is 45.9 Å². The first-order valence-electron chi connectivity index (χ1n) is 7.30. The van der Waals surface area contributed by atoms with Crippen LogP contribution >= 0.6 is 0 Å². The summed E-state index contributed by atoms with van der Waals surface area (Å²) in [6.07, 6.45) is 4.08. The topological polar surface area (TPSA) is 74.3 Å². The summed E-state index contributed by atoms with van der Waals surface area (Å²) in [6.45, 7) is 7.45. The second kappa shape index (κ2) is 7.67. The highest BCUT2D eigenvalue weighted by molar-refractivity contribution is 5.79. The monoisotopic (exact) mass is 270 g/mol. The standard InChI is InChI=1S/C13H26N4O2/c14-13(15-18)3-1-2-5-16-6-4-12(11-16)17-7-9-19-10-8-17/h12,18H,1-11H2,(H2,14,15). The lowest BCUT2D eigenvalue weighted by molar-refractivity contribution is 0.0185. The Hall–Kier alpha value is -0.850. The van der Waals surface area contributed by atoms with Crippen molar-refractivity contribution in [2.24, 2.45) is 10.9 Å². The molecule has 0 aromatic rings. The predicted octanol–water partition coefficient (Wildman–Crippen LogP) is 0.310. The fraction of sp³-hybridized carbons (Fsp3) is 0.923. The predicted molar refractivity (Wildman–Crippen MR) is 74.5 cm³/mol. The van der Waals surface area contributed by atoms with E-state index >= 15 is 0 Å². The van der Waals surface area contributed by atoms with Gasteiger partial charge in [-0.05, 0) is 32.4 Å². The van der Waals surface area contributed by atoms with E-state index in [9.17, 15) is 0 Å². The van der Waals surface area contributed by atoms with Crippen LogP contribution < -0.4 is 5.73 Å². The average Bonchev–Trinajstić information content (AvgIpc) is 2.93. The minimum atomic E-state index is 0.340. The van der Waals surface area contributed by atoms with Crippen molar-refractivity contribution in [1.29, 1.82) is 0 Å². The third-order valence-corrected chi connectivity index (χ3v) is 4.10. The smallest absolute Gasteiger partial charge is 0.139 e. The largest absolute Gasteiger partial charge is 0.409 e. The Balaban J connectivity index is 1.59. The first kappa shape index (κ1) is 14.6. The van der Waals surface area contributed by atoms with E-state index in [0.29, 0.717) is 18.3 Å². The van der Waals surface area contributed by atoms with Gasteiger partial charge in [0.1, 0.15) is 5.84 Å². The molecule has 0 aromatic heterocycles. The zero-order valence-corrected chi connectivity index (χ0v) is 11.6. The van der Waals surface area contributed by atoms with Gasteiger partial charge in [0.15, 0.2) is 0 Å². The van der Waals surface area contributed by atoms with Gasteiger partial charge in [-0.2, -0.15) is 0 Å². The molecule has 0 radical (unpaired) electrons. The van der Waals surface area contributed by atoms with Crippen molar-refractivity contribution >= 4 is 5.84 Å². The van der Waals surface area contributed by atoms with Gasteiger partial charge in [-0.15, -0.1) is 0 Å². The summed E-state index contributed by atoms with van der Waals surface area (Å²) in [5.41, 5.74) is 5.45. The number of nitrogens with zero attached hydrogens (tertiary/aromatic N) is 3. The molecule has 0 saturated carbocycles. The Morgan fingerprint density at radius 3 is 2.79 bits per heavy atom. The molecule has 0 spiro atoms. The molecule has 19 heavy (non-hydrogen) atoms.